The van der Waals surface area contributed by atoms with Crippen molar-refractivity contribution >= 4 is 17.6 Å². The van der Waals surface area contributed by atoms with Crippen molar-refractivity contribution in [1.82, 2.24) is 14.9 Å². The minimum absolute atomic E-state index is 0.228. The van der Waals surface area contributed by atoms with Crippen LogP contribution in [-0.2, 0) is 14.3 Å². The van der Waals surface area contributed by atoms with Crippen LogP contribution in [0.3, 0.4) is 0 Å². The number of nitrogens with zero attached hydrogens (tertiary/aromatic N) is 3. The van der Waals surface area contributed by atoms with E-state index >= 15 is 0 Å². The van der Waals surface area contributed by atoms with Crippen LogP contribution in [0.5, 0.6) is 0 Å². The predicted molar refractivity (Wildman–Crippen MR) is 78.8 cm³/mol. The Balaban J connectivity index is 2.25. The molecule has 2 heterocycles. The average molecular weight is 305 g/mol. The van der Waals surface area contributed by atoms with Gasteiger partial charge in [0.05, 0.1) is 19.3 Å². The summed E-state index contributed by atoms with van der Waals surface area (Å²) in [6.07, 6.45) is 4.12. The molecule has 22 heavy (non-hydrogen) atoms. The minimum atomic E-state index is -0.815. The topological polar surface area (TPSA) is 81.6 Å². The smallest absolute Gasteiger partial charge is 0.411 e. The Bertz CT molecular complexity index is 593. The van der Waals surface area contributed by atoms with Gasteiger partial charge in [0.2, 0.25) is 0 Å². The van der Waals surface area contributed by atoms with Crippen LogP contribution >= 0.6 is 0 Å². The maximum absolute atomic E-state index is 12.3. The van der Waals surface area contributed by atoms with E-state index in [0.29, 0.717) is 5.69 Å². The van der Waals surface area contributed by atoms with Gasteiger partial charge in [0, 0.05) is 6.20 Å². The lowest BCUT2D eigenvalue weighted by Crippen LogP contribution is -2.44. The van der Waals surface area contributed by atoms with Crippen LogP contribution in [0.4, 0.5) is 4.79 Å². The van der Waals surface area contributed by atoms with Gasteiger partial charge in [-0.25, -0.2) is 19.6 Å². The van der Waals surface area contributed by atoms with E-state index in [1.807, 2.05) is 0 Å². The van der Waals surface area contributed by atoms with Gasteiger partial charge in [0.25, 0.3) is 0 Å². The van der Waals surface area contributed by atoms with Crippen molar-refractivity contribution in [3.63, 3.8) is 0 Å². The van der Waals surface area contributed by atoms with Crippen LogP contribution in [0, 0.1) is 0 Å². The van der Waals surface area contributed by atoms with Crippen molar-refractivity contribution in [1.29, 1.82) is 0 Å². The fraction of sp³-hybridized carbons (Fsp3) is 0.467. The van der Waals surface area contributed by atoms with Gasteiger partial charge >= 0.3 is 12.1 Å². The molecule has 0 saturated carbocycles. The fourth-order valence-corrected chi connectivity index (χ4v) is 2.08. The number of aromatic nitrogens is 2. The third-order valence-corrected chi connectivity index (χ3v) is 3.02. The number of amides is 1. The second kappa shape index (κ2) is 6.13. The molecule has 0 spiro atoms. The maximum Gasteiger partial charge on any atom is 0.411 e. The summed E-state index contributed by atoms with van der Waals surface area (Å²) < 4.78 is 10.1. The Hall–Kier alpha value is -2.44. The van der Waals surface area contributed by atoms with Gasteiger partial charge in [-0.2, -0.15) is 0 Å². The van der Waals surface area contributed by atoms with Crippen molar-refractivity contribution in [3.8, 4) is 0 Å². The van der Waals surface area contributed by atoms with E-state index in [9.17, 15) is 9.59 Å². The van der Waals surface area contributed by atoms with E-state index in [1.165, 1.54) is 18.3 Å². The number of carbonyl (C=O) groups excluding carboxylic acids is 2. The molecule has 1 amide bonds. The zero-order valence-electron chi connectivity index (χ0n) is 13.1. The SMILES string of the molecule is COC(=O)C1C=C(c2ccncn2)CN1C(=O)OC(C)(C)C. The van der Waals surface area contributed by atoms with E-state index in [1.54, 1.807) is 39.1 Å². The zero-order chi connectivity index (χ0) is 16.3. The number of hydrogen-bond acceptors (Lipinski definition) is 6. The van der Waals surface area contributed by atoms with Gasteiger partial charge in [-0.15, -0.1) is 0 Å². The molecule has 1 aliphatic heterocycles. The monoisotopic (exact) mass is 305 g/mol. The van der Waals surface area contributed by atoms with Crippen molar-refractivity contribution < 1.29 is 19.1 Å². The molecule has 118 valence electrons. The first-order valence-corrected chi connectivity index (χ1v) is 6.86. The Morgan fingerprint density at radius 3 is 2.64 bits per heavy atom. The van der Waals surface area contributed by atoms with Gasteiger partial charge < -0.3 is 9.47 Å². The minimum Gasteiger partial charge on any atom is -0.467 e. The molecule has 0 aliphatic carbocycles. The predicted octanol–water partition coefficient (Wildman–Crippen LogP) is 1.65. The lowest BCUT2D eigenvalue weighted by molar-refractivity contribution is -0.144. The molecule has 2 rings (SSSR count). The Labute approximate surface area is 128 Å². The molecule has 0 saturated heterocycles. The summed E-state index contributed by atoms with van der Waals surface area (Å²) in [6.45, 7) is 5.54. The first-order chi connectivity index (χ1) is 10.3. The Kier molecular flexibility index (Phi) is 4.44. The van der Waals surface area contributed by atoms with Gasteiger partial charge in [0.1, 0.15) is 11.9 Å². The van der Waals surface area contributed by atoms with Crippen molar-refractivity contribution in [2.45, 2.75) is 32.4 Å². The van der Waals surface area contributed by atoms with E-state index in [2.05, 4.69) is 9.97 Å². The van der Waals surface area contributed by atoms with Crippen LogP contribution in [0.15, 0.2) is 24.7 Å². The highest BCUT2D eigenvalue weighted by atomic mass is 16.6. The molecular formula is C15H19N3O4. The van der Waals surface area contributed by atoms with Gasteiger partial charge in [-0.3, -0.25) is 4.90 Å². The lowest BCUT2D eigenvalue weighted by atomic mass is 10.2. The molecule has 1 aliphatic rings. The zero-order valence-corrected chi connectivity index (χ0v) is 13.1. The normalized spacial score (nSPS) is 17.9. The van der Waals surface area contributed by atoms with E-state index in [4.69, 9.17) is 9.47 Å². The summed E-state index contributed by atoms with van der Waals surface area (Å²) in [5, 5.41) is 0. The molecule has 0 bridgehead atoms. The van der Waals surface area contributed by atoms with Gasteiger partial charge in [-0.05, 0) is 38.5 Å². The summed E-state index contributed by atoms with van der Waals surface area (Å²) in [5.74, 6) is -0.519. The molecule has 1 aromatic heterocycles. The average Bonchev–Trinajstić information content (AvgIpc) is 2.91. The second-order valence-corrected chi connectivity index (χ2v) is 5.86. The second-order valence-electron chi connectivity index (χ2n) is 5.86. The van der Waals surface area contributed by atoms with Crippen LogP contribution < -0.4 is 0 Å². The van der Waals surface area contributed by atoms with Crippen molar-refractivity contribution in [3.05, 3.63) is 30.4 Å². The summed E-state index contributed by atoms with van der Waals surface area (Å²) in [7, 11) is 1.28. The summed E-state index contributed by atoms with van der Waals surface area (Å²) in [5.41, 5.74) is 0.772. The molecule has 0 aromatic carbocycles. The highest BCUT2D eigenvalue weighted by molar-refractivity contribution is 5.89. The largest absolute Gasteiger partial charge is 0.467 e. The quantitative estimate of drug-likeness (QED) is 0.773. The molecule has 7 nitrogen and oxygen atoms in total. The number of hydrogen-bond donors (Lipinski definition) is 0. The molecule has 0 N–H and O–H groups in total. The maximum atomic E-state index is 12.3. The third kappa shape index (κ3) is 3.60. The summed E-state index contributed by atoms with van der Waals surface area (Å²) in [4.78, 5) is 33.5. The third-order valence-electron chi connectivity index (χ3n) is 3.02. The number of rotatable bonds is 2. The van der Waals surface area contributed by atoms with Crippen molar-refractivity contribution in [2.24, 2.45) is 0 Å². The molecule has 7 heteroatoms. The molecule has 0 fully saturated rings. The Morgan fingerprint density at radius 1 is 1.36 bits per heavy atom. The van der Waals surface area contributed by atoms with Crippen LogP contribution in [0.25, 0.3) is 5.57 Å². The lowest BCUT2D eigenvalue weighted by Gasteiger charge is -2.27. The van der Waals surface area contributed by atoms with Crippen LogP contribution in [0.2, 0.25) is 0 Å². The standard InChI is InChI=1S/C15H19N3O4/c1-15(2,3)22-14(20)18-8-10(7-12(18)13(19)21-4)11-5-6-16-9-17-11/h5-7,9,12H,8H2,1-4H3. The fourth-order valence-electron chi connectivity index (χ4n) is 2.08. The molecule has 0 radical (unpaired) electrons. The van der Waals surface area contributed by atoms with Crippen LogP contribution in [-0.4, -0.2) is 52.2 Å². The molecule has 1 atom stereocenters. The number of ether oxygens (including phenoxy) is 2. The number of esters is 1. The van der Waals surface area contributed by atoms with E-state index < -0.39 is 23.7 Å². The highest BCUT2D eigenvalue weighted by Gasteiger charge is 2.37. The van der Waals surface area contributed by atoms with E-state index in [0.717, 1.165) is 5.57 Å². The summed E-state index contributed by atoms with van der Waals surface area (Å²) >= 11 is 0. The van der Waals surface area contributed by atoms with Crippen molar-refractivity contribution in [2.75, 3.05) is 13.7 Å². The molecule has 1 unspecified atom stereocenters. The Morgan fingerprint density at radius 2 is 2.09 bits per heavy atom. The molecule has 1 aromatic rings. The highest BCUT2D eigenvalue weighted by Crippen LogP contribution is 2.26. The number of methoxy groups -OCH3 is 1. The number of carbonyl (C=O) groups is 2. The summed E-state index contributed by atoms with van der Waals surface area (Å²) in [6, 6.07) is 0.906. The first-order valence-electron chi connectivity index (χ1n) is 6.86. The van der Waals surface area contributed by atoms with Crippen LogP contribution in [0.1, 0.15) is 26.5 Å². The first kappa shape index (κ1) is 15.9. The van der Waals surface area contributed by atoms with Gasteiger partial charge in [-0.1, -0.05) is 0 Å². The van der Waals surface area contributed by atoms with Gasteiger partial charge in [0.15, 0.2) is 6.04 Å². The van der Waals surface area contributed by atoms with E-state index in [-0.39, 0.29) is 6.54 Å². The molecular weight excluding hydrogens is 286 g/mol.